The number of alkyl carbamates (subject to hydrolysis) is 1. The summed E-state index contributed by atoms with van der Waals surface area (Å²) in [5.74, 6) is -5.66. The van der Waals surface area contributed by atoms with Crippen LogP contribution in [0.1, 0.15) is 106 Å². The number of aliphatic hydroxyl groups excluding tert-OH is 2. The Hall–Kier alpha value is -4.58. The Morgan fingerprint density at radius 2 is 1.56 bits per heavy atom. The van der Waals surface area contributed by atoms with E-state index in [4.69, 9.17) is 33.2 Å². The van der Waals surface area contributed by atoms with Crippen LogP contribution >= 0.6 is 0 Å². The van der Waals surface area contributed by atoms with E-state index in [0.29, 0.717) is 0 Å². The molecule has 5 rings (SSSR count). The number of nitrogens with one attached hydrogen (secondary N) is 1. The molecule has 338 valence electrons. The first-order valence-electron chi connectivity index (χ1n) is 20.3. The zero-order valence-corrected chi connectivity index (χ0v) is 37.2. The van der Waals surface area contributed by atoms with E-state index in [1.165, 1.54) is 32.9 Å². The number of esters is 3. The van der Waals surface area contributed by atoms with Crippen LogP contribution in [0, 0.1) is 22.2 Å². The third-order valence-corrected chi connectivity index (χ3v) is 13.2. The highest BCUT2D eigenvalue weighted by Gasteiger charge is 2.79. The Balaban J connectivity index is 1.78. The van der Waals surface area contributed by atoms with Crippen molar-refractivity contribution in [3.63, 3.8) is 0 Å². The number of hydrogen-bond acceptors (Lipinski definition) is 16. The Labute approximate surface area is 355 Å². The van der Waals surface area contributed by atoms with Gasteiger partial charge in [-0.2, -0.15) is 0 Å². The van der Waals surface area contributed by atoms with Gasteiger partial charge in [-0.05, 0) is 70.2 Å². The van der Waals surface area contributed by atoms with E-state index in [-0.39, 0.29) is 29.7 Å². The summed E-state index contributed by atoms with van der Waals surface area (Å²) in [4.78, 5) is 83.3. The average molecular weight is 860 g/mol. The Morgan fingerprint density at radius 1 is 0.951 bits per heavy atom. The molecule has 0 spiro atoms. The largest absolute Gasteiger partial charge is 0.508 e. The van der Waals surface area contributed by atoms with Gasteiger partial charge in [-0.25, -0.2) is 19.2 Å². The standard InChI is InChI=1S/C44H61NO16/c1-22-27-29(57-23(2)46)32(49)42(12)25(47)19-26-43(21-56-26,61-37(53)55-13)30(42)33(58-34(50)24-17-15-14-16-18-24)44(54,40(27,9)10)20-41(22,11)59-35(51)28(48)31(38(3,4)5)45-36(52)60-39(6,7)8/h14-18,25-26,28-31,33,47-48,54H,19-21H2,1-13H3,(H,45,52)/t25?,26-,28-,29-,30?,31-,33?,41+,42-,43+,44-/m1/s1. The van der Waals surface area contributed by atoms with E-state index in [2.05, 4.69) is 5.32 Å². The fourth-order valence-electron chi connectivity index (χ4n) is 9.79. The highest BCUT2D eigenvalue weighted by atomic mass is 16.8. The Bertz CT molecular complexity index is 1970. The number of methoxy groups -OCH3 is 1. The summed E-state index contributed by atoms with van der Waals surface area (Å²) in [6, 6.07) is 6.49. The van der Waals surface area contributed by atoms with Crippen molar-refractivity contribution in [3.05, 3.63) is 47.0 Å². The Kier molecular flexibility index (Phi) is 12.4. The molecular weight excluding hydrogens is 798 g/mol. The van der Waals surface area contributed by atoms with Gasteiger partial charge >= 0.3 is 30.2 Å². The molecule has 4 N–H and O–H groups in total. The lowest BCUT2D eigenvalue weighted by Crippen LogP contribution is -2.82. The first-order chi connectivity index (χ1) is 27.9. The van der Waals surface area contributed by atoms with E-state index in [1.54, 1.807) is 73.6 Å². The van der Waals surface area contributed by atoms with Gasteiger partial charge in [0.15, 0.2) is 23.6 Å². The van der Waals surface area contributed by atoms with Crippen molar-refractivity contribution < 1.29 is 77.2 Å². The molecule has 1 amide bonds. The van der Waals surface area contributed by atoms with Gasteiger partial charge in [0.25, 0.3) is 0 Å². The molecule has 3 aliphatic carbocycles. The summed E-state index contributed by atoms with van der Waals surface area (Å²) in [7, 11) is 1.07. The van der Waals surface area contributed by atoms with Crippen LogP contribution in [0.15, 0.2) is 41.5 Å². The Morgan fingerprint density at radius 3 is 2.07 bits per heavy atom. The van der Waals surface area contributed by atoms with Crippen molar-refractivity contribution >= 4 is 35.9 Å². The van der Waals surface area contributed by atoms with E-state index in [0.717, 1.165) is 14.0 Å². The zero-order chi connectivity index (χ0) is 46.1. The normalized spacial score (nSPS) is 34.0. The molecule has 1 heterocycles. The second-order valence-corrected chi connectivity index (χ2v) is 19.7. The van der Waals surface area contributed by atoms with E-state index in [1.807, 2.05) is 0 Å². The first-order valence-corrected chi connectivity index (χ1v) is 20.3. The second kappa shape index (κ2) is 16.0. The number of fused-ring (bicyclic) bond motifs is 5. The van der Waals surface area contributed by atoms with Crippen molar-refractivity contribution in [1.29, 1.82) is 0 Å². The molecule has 1 aromatic rings. The van der Waals surface area contributed by atoms with Gasteiger partial charge in [0.1, 0.15) is 29.0 Å². The van der Waals surface area contributed by atoms with Crippen LogP contribution in [-0.2, 0) is 47.5 Å². The van der Waals surface area contributed by atoms with Gasteiger partial charge in [0.05, 0.1) is 42.8 Å². The number of ketones is 1. The molecule has 61 heavy (non-hydrogen) atoms. The minimum Gasteiger partial charge on any atom is -0.455 e. The fourth-order valence-corrected chi connectivity index (χ4v) is 9.79. The molecule has 0 aromatic heterocycles. The number of Topliss-reactive ketones (excluding diaryl/α,β-unsaturated/α-hetero) is 1. The van der Waals surface area contributed by atoms with Gasteiger partial charge < -0.3 is 53.8 Å². The minimum atomic E-state index is -2.46. The SMILES string of the molecule is COC(=O)O[C@@]12CO[C@@H]1CC(O)[C@@]1(C)C(=O)[C@H](OC(C)=O)C3=C(C)[C@@](C)(OC(=O)[C@H](O)[C@@H](NC(=O)OC(C)(C)C)C(C)(C)C)C[C@@](O)(C(OC(=O)c4ccccc4)C12)C3(C)C. The van der Waals surface area contributed by atoms with Crippen LogP contribution in [0.3, 0.4) is 0 Å². The number of hydrogen-bond donors (Lipinski definition) is 4. The van der Waals surface area contributed by atoms with Crippen LogP contribution in [0.25, 0.3) is 0 Å². The lowest BCUT2D eigenvalue weighted by molar-refractivity contribution is -0.345. The maximum Gasteiger partial charge on any atom is 0.508 e. The number of ether oxygens (including phenoxy) is 7. The average Bonchev–Trinajstić information content (AvgIpc) is 3.13. The molecule has 1 saturated heterocycles. The van der Waals surface area contributed by atoms with Gasteiger partial charge in [0, 0.05) is 25.2 Å². The second-order valence-electron chi connectivity index (χ2n) is 19.7. The molecule has 1 aliphatic heterocycles. The van der Waals surface area contributed by atoms with Crippen molar-refractivity contribution in [3.8, 4) is 0 Å². The minimum absolute atomic E-state index is 0.0342. The molecule has 1 aromatic carbocycles. The van der Waals surface area contributed by atoms with Crippen molar-refractivity contribution in [1.82, 2.24) is 5.32 Å². The summed E-state index contributed by atoms with van der Waals surface area (Å²) in [5.41, 5.74) is -11.9. The van der Waals surface area contributed by atoms with Crippen molar-refractivity contribution in [2.24, 2.45) is 22.2 Å². The third-order valence-electron chi connectivity index (χ3n) is 13.2. The molecule has 3 unspecified atom stereocenters. The first kappa shape index (κ1) is 47.5. The fraction of sp³-hybridized carbons (Fsp3) is 0.682. The highest BCUT2D eigenvalue weighted by Crippen LogP contribution is 2.65. The van der Waals surface area contributed by atoms with Gasteiger partial charge in [-0.3, -0.25) is 9.59 Å². The summed E-state index contributed by atoms with van der Waals surface area (Å²) >= 11 is 0. The monoisotopic (exact) mass is 859 g/mol. The number of aliphatic hydroxyl groups is 3. The highest BCUT2D eigenvalue weighted by molar-refractivity contribution is 5.95. The predicted molar refractivity (Wildman–Crippen MR) is 214 cm³/mol. The van der Waals surface area contributed by atoms with Crippen LogP contribution in [0.5, 0.6) is 0 Å². The van der Waals surface area contributed by atoms with Crippen LogP contribution in [-0.4, -0.2) is 124 Å². The lowest BCUT2D eigenvalue weighted by atomic mass is 9.44. The number of carbonyl (C=O) groups is 6. The number of rotatable bonds is 8. The van der Waals surface area contributed by atoms with Crippen LogP contribution in [0.4, 0.5) is 9.59 Å². The molecule has 11 atom stereocenters. The topological polar surface area (TPSA) is 240 Å². The molecule has 2 bridgehead atoms. The third kappa shape index (κ3) is 8.14. The summed E-state index contributed by atoms with van der Waals surface area (Å²) < 4.78 is 40.6. The quantitative estimate of drug-likeness (QED) is 0.163. The lowest BCUT2D eigenvalue weighted by Gasteiger charge is -2.67. The molecular formula is C44H61NO16. The molecule has 17 nitrogen and oxygen atoms in total. The summed E-state index contributed by atoms with van der Waals surface area (Å²) in [6.45, 7) is 18.0. The van der Waals surface area contributed by atoms with Gasteiger partial charge in [-0.1, -0.05) is 52.8 Å². The van der Waals surface area contributed by atoms with E-state index < -0.39 is 123 Å². The summed E-state index contributed by atoms with van der Waals surface area (Å²) in [6.07, 6.45) is -11.5. The predicted octanol–water partition coefficient (Wildman–Crippen LogP) is 4.11. The summed E-state index contributed by atoms with van der Waals surface area (Å²) in [5, 5.41) is 40.1. The van der Waals surface area contributed by atoms with Crippen molar-refractivity contribution in [2.45, 2.75) is 155 Å². The molecule has 3 fully saturated rings. The van der Waals surface area contributed by atoms with Crippen LogP contribution < -0.4 is 5.32 Å². The maximum atomic E-state index is 15.6. The molecule has 4 aliphatic rings. The molecule has 2 saturated carbocycles. The number of benzene rings is 1. The maximum absolute atomic E-state index is 15.6. The van der Waals surface area contributed by atoms with Gasteiger partial charge in [-0.15, -0.1) is 0 Å². The zero-order valence-electron chi connectivity index (χ0n) is 37.2. The van der Waals surface area contributed by atoms with Gasteiger partial charge in [0.2, 0.25) is 0 Å². The number of carbonyl (C=O) groups excluding carboxylic acids is 6. The molecule has 17 heteroatoms. The van der Waals surface area contributed by atoms with Crippen molar-refractivity contribution in [2.75, 3.05) is 13.7 Å². The van der Waals surface area contributed by atoms with E-state index >= 15 is 4.79 Å². The van der Waals surface area contributed by atoms with Crippen LogP contribution in [0.2, 0.25) is 0 Å². The number of amides is 1. The molecule has 0 radical (unpaired) electrons. The smallest absolute Gasteiger partial charge is 0.455 e. The van der Waals surface area contributed by atoms with E-state index in [9.17, 15) is 39.3 Å².